The van der Waals surface area contributed by atoms with Crippen molar-refractivity contribution in [3.8, 4) is 0 Å². The van der Waals surface area contributed by atoms with Crippen LogP contribution in [0, 0.1) is 6.92 Å². The Bertz CT molecular complexity index is 779. The first kappa shape index (κ1) is 13.7. The van der Waals surface area contributed by atoms with Crippen LogP contribution in [0.5, 0.6) is 0 Å². The highest BCUT2D eigenvalue weighted by Crippen LogP contribution is 2.20. The van der Waals surface area contributed by atoms with Gasteiger partial charge in [-0.2, -0.15) is 0 Å². The molecule has 4 heterocycles. The highest BCUT2D eigenvalue weighted by Gasteiger charge is 2.23. The summed E-state index contributed by atoms with van der Waals surface area (Å²) in [7, 11) is 0. The number of hydrogen-bond acceptors (Lipinski definition) is 6. The van der Waals surface area contributed by atoms with Gasteiger partial charge in [-0.1, -0.05) is 0 Å². The maximum absolute atomic E-state index is 4.53. The Kier molecular flexibility index (Phi) is 3.51. The molecular weight excluding hydrogens is 296 g/mol. The largest absolute Gasteiger partial charge is 0.365 e. The fourth-order valence-corrected chi connectivity index (χ4v) is 3.73. The minimum atomic E-state index is 0.447. The topological polar surface area (TPSA) is 58.4 Å². The van der Waals surface area contributed by atoms with Crippen LogP contribution in [0.3, 0.4) is 0 Å². The van der Waals surface area contributed by atoms with E-state index in [1.165, 1.54) is 4.88 Å². The van der Waals surface area contributed by atoms with Crippen LogP contribution in [0.25, 0.3) is 5.65 Å². The third-order valence-corrected chi connectivity index (χ3v) is 4.83. The van der Waals surface area contributed by atoms with Crippen LogP contribution in [-0.2, 0) is 6.54 Å². The van der Waals surface area contributed by atoms with Crippen LogP contribution in [0.4, 0.5) is 5.82 Å². The van der Waals surface area contributed by atoms with E-state index in [9.17, 15) is 0 Å². The number of nitrogens with zero attached hydrogens (tertiary/aromatic N) is 5. The van der Waals surface area contributed by atoms with Crippen molar-refractivity contribution in [3.05, 3.63) is 40.6 Å². The van der Waals surface area contributed by atoms with Gasteiger partial charge in [0.25, 0.3) is 0 Å². The average Bonchev–Trinajstić information content (AvgIpc) is 3.21. The van der Waals surface area contributed by atoms with E-state index in [2.05, 4.69) is 32.2 Å². The van der Waals surface area contributed by atoms with E-state index in [4.69, 9.17) is 0 Å². The van der Waals surface area contributed by atoms with Gasteiger partial charge in [0.2, 0.25) is 0 Å². The molecule has 0 saturated carbocycles. The van der Waals surface area contributed by atoms with Gasteiger partial charge in [0.05, 0.1) is 5.01 Å². The Morgan fingerprint density at radius 1 is 1.36 bits per heavy atom. The van der Waals surface area contributed by atoms with Gasteiger partial charge in [0, 0.05) is 49.1 Å². The molecule has 0 radical (unpaired) electrons. The molecule has 6 nitrogen and oxygen atoms in total. The molecule has 7 heteroatoms. The maximum atomic E-state index is 4.53. The quantitative estimate of drug-likeness (QED) is 0.800. The van der Waals surface area contributed by atoms with Crippen molar-refractivity contribution in [2.45, 2.75) is 25.9 Å². The molecule has 0 aliphatic carbocycles. The summed E-state index contributed by atoms with van der Waals surface area (Å²) in [4.78, 5) is 12.4. The van der Waals surface area contributed by atoms with Gasteiger partial charge in [-0.3, -0.25) is 4.90 Å². The van der Waals surface area contributed by atoms with Gasteiger partial charge < -0.3 is 5.32 Å². The summed E-state index contributed by atoms with van der Waals surface area (Å²) in [6, 6.07) is 4.43. The van der Waals surface area contributed by atoms with Crippen molar-refractivity contribution in [1.82, 2.24) is 24.5 Å². The first-order valence-electron chi connectivity index (χ1n) is 7.47. The minimum Gasteiger partial charge on any atom is -0.365 e. The molecule has 1 fully saturated rings. The lowest BCUT2D eigenvalue weighted by Gasteiger charge is -2.16. The molecule has 0 bridgehead atoms. The van der Waals surface area contributed by atoms with Crippen molar-refractivity contribution in [3.63, 3.8) is 0 Å². The van der Waals surface area contributed by atoms with E-state index >= 15 is 0 Å². The fourth-order valence-electron chi connectivity index (χ4n) is 2.89. The minimum absolute atomic E-state index is 0.447. The zero-order chi connectivity index (χ0) is 14.9. The maximum Gasteiger partial charge on any atom is 0.153 e. The van der Waals surface area contributed by atoms with E-state index in [0.717, 1.165) is 42.5 Å². The average molecular weight is 314 g/mol. The zero-order valence-electron chi connectivity index (χ0n) is 12.4. The molecule has 1 aliphatic heterocycles. The molecule has 3 aromatic rings. The molecule has 1 aliphatic rings. The first-order chi connectivity index (χ1) is 10.8. The van der Waals surface area contributed by atoms with Gasteiger partial charge in [-0.05, 0) is 25.5 Å². The molecular formula is C15H18N6S. The molecule has 1 atom stereocenters. The van der Waals surface area contributed by atoms with Crippen LogP contribution in [0.2, 0.25) is 0 Å². The Morgan fingerprint density at radius 2 is 2.32 bits per heavy atom. The molecule has 0 spiro atoms. The molecule has 1 unspecified atom stereocenters. The van der Waals surface area contributed by atoms with E-state index in [1.54, 1.807) is 22.0 Å². The number of rotatable bonds is 4. The zero-order valence-corrected chi connectivity index (χ0v) is 13.3. The number of aromatic nitrogens is 4. The molecule has 1 N–H and O–H groups in total. The van der Waals surface area contributed by atoms with Crippen molar-refractivity contribution >= 4 is 22.8 Å². The highest BCUT2D eigenvalue weighted by atomic mass is 32.1. The lowest BCUT2D eigenvalue weighted by molar-refractivity contribution is 0.331. The molecule has 22 heavy (non-hydrogen) atoms. The van der Waals surface area contributed by atoms with E-state index in [1.807, 2.05) is 24.5 Å². The summed E-state index contributed by atoms with van der Waals surface area (Å²) < 4.78 is 1.80. The predicted octanol–water partition coefficient (Wildman–Crippen LogP) is 2.18. The number of thiazole rings is 1. The van der Waals surface area contributed by atoms with Crippen molar-refractivity contribution in [1.29, 1.82) is 0 Å². The van der Waals surface area contributed by atoms with Crippen LogP contribution < -0.4 is 5.32 Å². The summed E-state index contributed by atoms with van der Waals surface area (Å²) in [6.45, 7) is 5.21. The van der Waals surface area contributed by atoms with Crippen molar-refractivity contribution in [2.24, 2.45) is 0 Å². The highest BCUT2D eigenvalue weighted by molar-refractivity contribution is 7.11. The van der Waals surface area contributed by atoms with Gasteiger partial charge >= 0.3 is 0 Å². The van der Waals surface area contributed by atoms with Gasteiger partial charge in [0.1, 0.15) is 5.82 Å². The molecule has 114 valence electrons. The summed E-state index contributed by atoms with van der Waals surface area (Å²) in [5.74, 6) is 0.908. The molecule has 0 amide bonds. The number of nitrogens with one attached hydrogen (secondary N) is 1. The predicted molar refractivity (Wildman–Crippen MR) is 87.1 cm³/mol. The normalized spacial score (nSPS) is 19.0. The van der Waals surface area contributed by atoms with Crippen LogP contribution >= 0.6 is 11.3 Å². The summed E-state index contributed by atoms with van der Waals surface area (Å²) in [6.07, 6.45) is 6.77. The lowest BCUT2D eigenvalue weighted by atomic mass is 10.2. The van der Waals surface area contributed by atoms with Crippen molar-refractivity contribution < 1.29 is 0 Å². The van der Waals surface area contributed by atoms with Crippen LogP contribution in [0.1, 0.15) is 16.3 Å². The first-order valence-corrected chi connectivity index (χ1v) is 8.28. The van der Waals surface area contributed by atoms with Crippen molar-refractivity contribution in [2.75, 3.05) is 18.4 Å². The Morgan fingerprint density at radius 3 is 3.18 bits per heavy atom. The summed E-state index contributed by atoms with van der Waals surface area (Å²) in [5.41, 5.74) is 0.874. The molecule has 1 saturated heterocycles. The Balaban J connectivity index is 1.38. The summed E-state index contributed by atoms with van der Waals surface area (Å²) in [5, 5.41) is 9.20. The monoisotopic (exact) mass is 314 g/mol. The molecule has 3 aromatic heterocycles. The van der Waals surface area contributed by atoms with E-state index in [-0.39, 0.29) is 0 Å². The number of likely N-dealkylation sites (tertiary alicyclic amines) is 1. The SMILES string of the molecule is Cc1ncc(CN2CCC(Nc3ccc4nccn4n3)C2)s1. The van der Waals surface area contributed by atoms with Crippen LogP contribution in [-0.4, -0.2) is 43.6 Å². The fraction of sp³-hybridized carbons (Fsp3) is 0.400. The number of imidazole rings is 1. The van der Waals surface area contributed by atoms with Gasteiger partial charge in [-0.25, -0.2) is 14.5 Å². The number of hydrogen-bond donors (Lipinski definition) is 1. The van der Waals surface area contributed by atoms with Crippen LogP contribution in [0.15, 0.2) is 30.7 Å². The van der Waals surface area contributed by atoms with Gasteiger partial charge in [-0.15, -0.1) is 16.4 Å². The number of anilines is 1. The lowest BCUT2D eigenvalue weighted by Crippen LogP contribution is -2.26. The van der Waals surface area contributed by atoms with Gasteiger partial charge in [0.15, 0.2) is 5.65 Å². The Hall–Kier alpha value is -1.99. The number of aryl methyl sites for hydroxylation is 1. The standard InChI is InChI=1S/C15H18N6S/c1-11-17-8-13(22-11)10-20-6-4-12(9-20)18-14-2-3-15-16-5-7-21(15)19-14/h2-3,5,7-8,12H,4,6,9-10H2,1H3,(H,18,19). The second kappa shape index (κ2) is 5.66. The molecule has 4 rings (SSSR count). The second-order valence-corrected chi connectivity index (χ2v) is 6.98. The smallest absolute Gasteiger partial charge is 0.153 e. The third-order valence-electron chi connectivity index (χ3n) is 3.93. The Labute approximate surface area is 132 Å². The number of fused-ring (bicyclic) bond motifs is 1. The molecule has 0 aromatic carbocycles. The summed E-state index contributed by atoms with van der Waals surface area (Å²) >= 11 is 1.79. The van der Waals surface area contributed by atoms with E-state index in [0.29, 0.717) is 6.04 Å². The third kappa shape index (κ3) is 2.82. The van der Waals surface area contributed by atoms with E-state index < -0.39 is 0 Å². The second-order valence-electron chi connectivity index (χ2n) is 5.66.